The average Bonchev–Trinajstić information content (AvgIpc) is 2.53. The molecule has 1 aromatic rings. The van der Waals surface area contributed by atoms with Gasteiger partial charge in [-0.1, -0.05) is 0 Å². The highest BCUT2D eigenvalue weighted by Gasteiger charge is 2.33. The predicted octanol–water partition coefficient (Wildman–Crippen LogP) is 0.947. The van der Waals surface area contributed by atoms with Gasteiger partial charge in [0.2, 0.25) is 10.0 Å². The molecule has 7 nitrogen and oxygen atoms in total. The molecule has 0 saturated carbocycles. The van der Waals surface area contributed by atoms with Gasteiger partial charge >= 0.3 is 6.18 Å². The van der Waals surface area contributed by atoms with Gasteiger partial charge in [0.15, 0.2) is 5.82 Å². The van der Waals surface area contributed by atoms with Crippen LogP contribution in [0.2, 0.25) is 0 Å². The molecule has 0 aliphatic carbocycles. The number of hydrogen-bond acceptors (Lipinski definition) is 6. The molecule has 1 aliphatic rings. The summed E-state index contributed by atoms with van der Waals surface area (Å²) in [6, 6.07) is 1.83. The monoisotopic (exact) mass is 367 g/mol. The quantitative estimate of drug-likeness (QED) is 0.772. The fraction of sp³-hybridized carbons (Fsp3) is 0.692. The van der Waals surface area contributed by atoms with Gasteiger partial charge in [0.25, 0.3) is 0 Å². The molecule has 0 atom stereocenters. The fourth-order valence-electron chi connectivity index (χ4n) is 2.31. The lowest BCUT2D eigenvalue weighted by Crippen LogP contribution is -2.49. The highest BCUT2D eigenvalue weighted by molar-refractivity contribution is 7.89. The van der Waals surface area contributed by atoms with Crippen LogP contribution in [-0.4, -0.2) is 75.1 Å². The minimum Gasteiger partial charge on any atom is -0.376 e. The Balaban J connectivity index is 1.97. The van der Waals surface area contributed by atoms with Crippen LogP contribution in [0.15, 0.2) is 12.3 Å². The van der Waals surface area contributed by atoms with Crippen molar-refractivity contribution in [1.29, 1.82) is 0 Å². The van der Waals surface area contributed by atoms with Gasteiger partial charge in [-0.3, -0.25) is 0 Å². The van der Waals surface area contributed by atoms with Crippen molar-refractivity contribution in [1.82, 2.24) is 14.5 Å². The summed E-state index contributed by atoms with van der Waals surface area (Å²) >= 11 is 0. The molecular formula is C13H20F3N5O2S. The third-order valence-corrected chi connectivity index (χ3v) is 5.62. The molecule has 136 valence electrons. The van der Waals surface area contributed by atoms with E-state index < -0.39 is 28.4 Å². The number of sulfonamides is 1. The van der Waals surface area contributed by atoms with E-state index in [1.165, 1.54) is 0 Å². The normalized spacial score (nSPS) is 17.1. The lowest BCUT2D eigenvalue weighted by Gasteiger charge is -2.34. The molecule has 0 bridgehead atoms. The van der Waals surface area contributed by atoms with Crippen LogP contribution < -0.4 is 9.80 Å². The number of piperazine rings is 1. The summed E-state index contributed by atoms with van der Waals surface area (Å²) in [5, 5.41) is 7.95. The maximum atomic E-state index is 12.2. The van der Waals surface area contributed by atoms with E-state index in [9.17, 15) is 21.6 Å². The highest BCUT2D eigenvalue weighted by Crippen LogP contribution is 2.23. The minimum absolute atomic E-state index is 0.133. The van der Waals surface area contributed by atoms with Crippen LogP contribution in [-0.2, 0) is 10.0 Å². The van der Waals surface area contributed by atoms with Crippen LogP contribution in [0.4, 0.5) is 24.7 Å². The largest absolute Gasteiger partial charge is 0.390 e. The van der Waals surface area contributed by atoms with E-state index in [0.29, 0.717) is 18.9 Å². The maximum absolute atomic E-state index is 12.2. The highest BCUT2D eigenvalue weighted by atomic mass is 32.2. The van der Waals surface area contributed by atoms with E-state index in [-0.39, 0.29) is 13.1 Å². The summed E-state index contributed by atoms with van der Waals surface area (Å²) < 4.78 is 61.8. The summed E-state index contributed by atoms with van der Waals surface area (Å²) in [5.74, 6) is -0.291. The van der Waals surface area contributed by atoms with Crippen LogP contribution in [0.25, 0.3) is 0 Å². The molecule has 0 amide bonds. The average molecular weight is 367 g/mol. The minimum atomic E-state index is -4.48. The van der Waals surface area contributed by atoms with Crippen LogP contribution in [0.1, 0.15) is 6.42 Å². The van der Waals surface area contributed by atoms with E-state index in [0.717, 1.165) is 9.99 Å². The van der Waals surface area contributed by atoms with Crippen LogP contribution in [0, 0.1) is 0 Å². The molecule has 0 radical (unpaired) electrons. The second-order valence-electron chi connectivity index (χ2n) is 5.73. The molecule has 1 saturated heterocycles. The first kappa shape index (κ1) is 18.7. The number of rotatable bonds is 5. The Morgan fingerprint density at radius 1 is 1.21 bits per heavy atom. The Labute approximate surface area is 139 Å². The second-order valence-corrected chi connectivity index (χ2v) is 7.82. The fourth-order valence-corrected chi connectivity index (χ4v) is 3.78. The molecule has 0 spiro atoms. The number of anilines is 2. The Morgan fingerprint density at radius 2 is 1.83 bits per heavy atom. The topological polar surface area (TPSA) is 69.6 Å². The van der Waals surface area contributed by atoms with Gasteiger partial charge in [-0.05, 0) is 0 Å². The first-order valence-electron chi connectivity index (χ1n) is 7.38. The van der Waals surface area contributed by atoms with Crippen molar-refractivity contribution >= 4 is 21.5 Å². The van der Waals surface area contributed by atoms with Crippen LogP contribution in [0.3, 0.4) is 0 Å². The molecule has 24 heavy (non-hydrogen) atoms. The van der Waals surface area contributed by atoms with E-state index in [2.05, 4.69) is 10.2 Å². The van der Waals surface area contributed by atoms with Gasteiger partial charge in [0.05, 0.1) is 24.1 Å². The second kappa shape index (κ2) is 7.09. The zero-order valence-electron chi connectivity index (χ0n) is 13.5. The van der Waals surface area contributed by atoms with Gasteiger partial charge in [-0.15, -0.1) is 5.10 Å². The van der Waals surface area contributed by atoms with Gasteiger partial charge in [-0.25, -0.2) is 8.42 Å². The summed E-state index contributed by atoms with van der Waals surface area (Å²) in [7, 11) is -0.167. The van der Waals surface area contributed by atoms with Crippen molar-refractivity contribution in [2.24, 2.45) is 0 Å². The standard InChI is InChI=1S/C13H20F3N5O2S/c1-19(2)11-9-12(18-17-10-11)20-4-6-21(7-5-20)24(22,23)8-3-13(14,15)16/h9-10H,3-8H2,1-2H3. The van der Waals surface area contributed by atoms with E-state index in [1.54, 1.807) is 6.20 Å². The molecule has 0 unspecified atom stereocenters. The van der Waals surface area contributed by atoms with Crippen molar-refractivity contribution < 1.29 is 21.6 Å². The number of nitrogens with zero attached hydrogens (tertiary/aromatic N) is 5. The molecule has 2 rings (SSSR count). The number of alkyl halides is 3. The van der Waals surface area contributed by atoms with Crippen molar-refractivity contribution in [3.63, 3.8) is 0 Å². The van der Waals surface area contributed by atoms with Gasteiger partial charge in [0.1, 0.15) is 0 Å². The Kier molecular flexibility index (Phi) is 5.53. The zero-order chi connectivity index (χ0) is 18.0. The molecule has 2 heterocycles. The number of aromatic nitrogens is 2. The Morgan fingerprint density at radius 3 is 2.38 bits per heavy atom. The summed E-state index contributed by atoms with van der Waals surface area (Å²) in [4.78, 5) is 3.74. The van der Waals surface area contributed by atoms with E-state index in [4.69, 9.17) is 0 Å². The third-order valence-electron chi connectivity index (χ3n) is 3.74. The summed E-state index contributed by atoms with van der Waals surface area (Å²) in [6.45, 7) is 0.982. The van der Waals surface area contributed by atoms with E-state index in [1.807, 2.05) is 30.0 Å². The predicted molar refractivity (Wildman–Crippen MR) is 84.6 cm³/mol. The molecule has 1 aromatic heterocycles. The van der Waals surface area contributed by atoms with Crippen LogP contribution >= 0.6 is 0 Å². The summed E-state index contributed by atoms with van der Waals surface area (Å²) in [5.41, 5.74) is 0.861. The first-order valence-corrected chi connectivity index (χ1v) is 8.99. The maximum Gasteiger partial charge on any atom is 0.390 e. The van der Waals surface area contributed by atoms with E-state index >= 15 is 0 Å². The summed E-state index contributed by atoms with van der Waals surface area (Å²) in [6.07, 6.45) is -4.19. The van der Waals surface area contributed by atoms with Crippen molar-refractivity contribution in [3.8, 4) is 0 Å². The SMILES string of the molecule is CN(C)c1cnnc(N2CCN(S(=O)(=O)CCC(F)(F)F)CC2)c1. The lowest BCUT2D eigenvalue weighted by molar-refractivity contribution is -0.130. The van der Waals surface area contributed by atoms with Gasteiger partial charge in [-0.2, -0.15) is 22.6 Å². The van der Waals surface area contributed by atoms with Crippen LogP contribution in [0.5, 0.6) is 0 Å². The molecule has 1 fully saturated rings. The van der Waals surface area contributed by atoms with Crippen molar-refractivity contribution in [3.05, 3.63) is 12.3 Å². The molecule has 1 aliphatic heterocycles. The Hall–Kier alpha value is -1.62. The molecule has 0 aromatic carbocycles. The first-order chi connectivity index (χ1) is 11.1. The van der Waals surface area contributed by atoms with Gasteiger partial charge in [0, 0.05) is 46.3 Å². The Bertz CT molecular complexity index is 658. The smallest absolute Gasteiger partial charge is 0.376 e. The third kappa shape index (κ3) is 4.94. The number of halogens is 3. The molecule has 0 N–H and O–H groups in total. The zero-order valence-corrected chi connectivity index (χ0v) is 14.3. The molecule has 11 heteroatoms. The van der Waals surface area contributed by atoms with Crippen molar-refractivity contribution in [2.75, 3.05) is 55.8 Å². The molecular weight excluding hydrogens is 347 g/mol. The number of hydrogen-bond donors (Lipinski definition) is 0. The van der Waals surface area contributed by atoms with Crippen molar-refractivity contribution in [2.45, 2.75) is 12.6 Å². The van der Waals surface area contributed by atoms with Gasteiger partial charge < -0.3 is 9.80 Å². The lowest BCUT2D eigenvalue weighted by atomic mass is 10.3.